The van der Waals surface area contributed by atoms with Gasteiger partial charge in [0.25, 0.3) is 0 Å². The Balaban J connectivity index is 2.15. The first-order chi connectivity index (χ1) is 8.29. The standard InChI is InChI=1S/C12H14N4S/c1-2-6-10(9-7-4-3-5-8-9)17-12-14-11(13)15-16-12/h2-5,7-8,10H,1,6H2,(H3,13,14,15,16). The van der Waals surface area contributed by atoms with Gasteiger partial charge in [0.2, 0.25) is 11.1 Å². The highest BCUT2D eigenvalue weighted by Gasteiger charge is 2.14. The summed E-state index contributed by atoms with van der Waals surface area (Å²) in [5, 5.41) is 7.60. The number of allylic oxidation sites excluding steroid dienone is 1. The second-order valence-corrected chi connectivity index (χ2v) is 4.71. The minimum Gasteiger partial charge on any atom is -0.368 e. The van der Waals surface area contributed by atoms with Gasteiger partial charge in [-0.1, -0.05) is 48.2 Å². The smallest absolute Gasteiger partial charge is 0.216 e. The number of hydrogen-bond acceptors (Lipinski definition) is 4. The highest BCUT2D eigenvalue weighted by Crippen LogP contribution is 2.36. The first kappa shape index (κ1) is 11.7. The summed E-state index contributed by atoms with van der Waals surface area (Å²) in [4.78, 5) is 4.10. The van der Waals surface area contributed by atoms with Gasteiger partial charge in [0.1, 0.15) is 0 Å². The Kier molecular flexibility index (Phi) is 3.82. The van der Waals surface area contributed by atoms with Crippen LogP contribution in [0.5, 0.6) is 0 Å². The van der Waals surface area contributed by atoms with E-state index in [4.69, 9.17) is 5.73 Å². The molecule has 1 aromatic heterocycles. The van der Waals surface area contributed by atoms with E-state index in [9.17, 15) is 0 Å². The molecular weight excluding hydrogens is 232 g/mol. The maximum absolute atomic E-state index is 5.50. The zero-order valence-electron chi connectivity index (χ0n) is 9.34. The predicted molar refractivity (Wildman–Crippen MR) is 70.6 cm³/mol. The Morgan fingerprint density at radius 3 is 2.76 bits per heavy atom. The van der Waals surface area contributed by atoms with E-state index in [0.29, 0.717) is 11.1 Å². The van der Waals surface area contributed by atoms with Crippen LogP contribution in [0.1, 0.15) is 17.2 Å². The van der Waals surface area contributed by atoms with Gasteiger partial charge < -0.3 is 5.73 Å². The number of hydrogen-bond donors (Lipinski definition) is 2. The Labute approximate surface area is 104 Å². The molecule has 0 saturated carbocycles. The van der Waals surface area contributed by atoms with Crippen molar-refractivity contribution in [3.05, 3.63) is 48.6 Å². The van der Waals surface area contributed by atoms with Gasteiger partial charge in [-0.15, -0.1) is 11.7 Å². The van der Waals surface area contributed by atoms with Crippen LogP contribution in [0.15, 0.2) is 48.1 Å². The highest BCUT2D eigenvalue weighted by molar-refractivity contribution is 7.99. The number of aromatic amines is 1. The fourth-order valence-corrected chi connectivity index (χ4v) is 2.54. The second-order valence-electron chi connectivity index (χ2n) is 3.54. The fraction of sp³-hybridized carbons (Fsp3) is 0.167. The quantitative estimate of drug-likeness (QED) is 0.629. The molecule has 5 heteroatoms. The molecule has 0 fully saturated rings. The molecule has 17 heavy (non-hydrogen) atoms. The van der Waals surface area contributed by atoms with E-state index in [-0.39, 0.29) is 5.25 Å². The van der Waals surface area contributed by atoms with Gasteiger partial charge in [-0.25, -0.2) is 5.10 Å². The first-order valence-electron chi connectivity index (χ1n) is 5.30. The summed E-state index contributed by atoms with van der Waals surface area (Å²) in [6.07, 6.45) is 2.77. The molecule has 0 amide bonds. The van der Waals surface area contributed by atoms with Crippen molar-refractivity contribution in [2.45, 2.75) is 16.8 Å². The lowest BCUT2D eigenvalue weighted by atomic mass is 10.1. The van der Waals surface area contributed by atoms with Crippen molar-refractivity contribution in [3.8, 4) is 0 Å². The van der Waals surface area contributed by atoms with E-state index < -0.39 is 0 Å². The van der Waals surface area contributed by atoms with Crippen LogP contribution < -0.4 is 5.73 Å². The van der Waals surface area contributed by atoms with E-state index in [1.807, 2.05) is 24.3 Å². The molecule has 0 saturated heterocycles. The number of anilines is 1. The SMILES string of the molecule is C=CCC(Sc1n[nH]c(N)n1)c1ccccc1. The number of nitrogens with one attached hydrogen (secondary N) is 1. The van der Waals surface area contributed by atoms with Crippen molar-refractivity contribution in [2.24, 2.45) is 0 Å². The van der Waals surface area contributed by atoms with Crippen LogP contribution in [-0.2, 0) is 0 Å². The van der Waals surface area contributed by atoms with Crippen molar-refractivity contribution < 1.29 is 0 Å². The van der Waals surface area contributed by atoms with Crippen molar-refractivity contribution in [3.63, 3.8) is 0 Å². The summed E-state index contributed by atoms with van der Waals surface area (Å²) in [6, 6.07) is 10.2. The summed E-state index contributed by atoms with van der Waals surface area (Å²) in [6.45, 7) is 3.79. The monoisotopic (exact) mass is 246 g/mol. The molecular formula is C12H14N4S. The molecule has 88 valence electrons. The maximum Gasteiger partial charge on any atom is 0.216 e. The molecule has 2 rings (SSSR count). The lowest BCUT2D eigenvalue weighted by Crippen LogP contribution is -1.93. The third-order valence-electron chi connectivity index (χ3n) is 2.28. The molecule has 0 spiro atoms. The van der Waals surface area contributed by atoms with E-state index in [1.165, 1.54) is 5.56 Å². The summed E-state index contributed by atoms with van der Waals surface area (Å²) < 4.78 is 0. The summed E-state index contributed by atoms with van der Waals surface area (Å²) >= 11 is 1.58. The number of benzene rings is 1. The van der Waals surface area contributed by atoms with Crippen LogP contribution >= 0.6 is 11.8 Å². The molecule has 2 aromatic rings. The Hall–Kier alpha value is -1.75. The van der Waals surface area contributed by atoms with Crippen LogP contribution in [0.25, 0.3) is 0 Å². The molecule has 0 radical (unpaired) electrons. The predicted octanol–water partition coefficient (Wildman–Crippen LogP) is 2.80. The maximum atomic E-state index is 5.50. The molecule has 4 nitrogen and oxygen atoms in total. The van der Waals surface area contributed by atoms with Crippen molar-refractivity contribution in [1.82, 2.24) is 15.2 Å². The number of aromatic nitrogens is 3. The van der Waals surface area contributed by atoms with E-state index in [2.05, 4.69) is 33.9 Å². The molecule has 0 aliphatic heterocycles. The van der Waals surface area contributed by atoms with Crippen molar-refractivity contribution in [2.75, 3.05) is 5.73 Å². The lowest BCUT2D eigenvalue weighted by molar-refractivity contribution is 0.929. The van der Waals surface area contributed by atoms with Crippen molar-refractivity contribution in [1.29, 1.82) is 0 Å². The van der Waals surface area contributed by atoms with E-state index in [0.717, 1.165) is 6.42 Å². The highest BCUT2D eigenvalue weighted by atomic mass is 32.2. The largest absolute Gasteiger partial charge is 0.368 e. The molecule has 1 unspecified atom stereocenters. The molecule has 1 heterocycles. The van der Waals surface area contributed by atoms with E-state index in [1.54, 1.807) is 11.8 Å². The molecule has 0 bridgehead atoms. The van der Waals surface area contributed by atoms with E-state index >= 15 is 0 Å². The van der Waals surface area contributed by atoms with Crippen LogP contribution in [0.2, 0.25) is 0 Å². The fourth-order valence-electron chi connectivity index (χ4n) is 1.51. The van der Waals surface area contributed by atoms with Crippen molar-refractivity contribution >= 4 is 17.7 Å². The average Bonchev–Trinajstić information content (AvgIpc) is 2.75. The third kappa shape index (κ3) is 3.10. The summed E-state index contributed by atoms with van der Waals surface area (Å²) in [5.74, 6) is 0.345. The molecule has 0 aliphatic carbocycles. The van der Waals surface area contributed by atoms with Gasteiger partial charge in [0, 0.05) is 5.25 Å². The number of rotatable bonds is 5. The van der Waals surface area contributed by atoms with Crippen LogP contribution in [0, 0.1) is 0 Å². The number of H-pyrrole nitrogens is 1. The minimum absolute atomic E-state index is 0.268. The van der Waals surface area contributed by atoms with Gasteiger partial charge in [-0.2, -0.15) is 4.98 Å². The van der Waals surface area contributed by atoms with Gasteiger partial charge in [0.15, 0.2) is 0 Å². The summed E-state index contributed by atoms with van der Waals surface area (Å²) in [5.41, 5.74) is 6.74. The second kappa shape index (κ2) is 5.54. The molecule has 0 aliphatic rings. The van der Waals surface area contributed by atoms with Gasteiger partial charge in [-0.05, 0) is 12.0 Å². The number of nitrogen functional groups attached to an aromatic ring is 1. The topological polar surface area (TPSA) is 67.6 Å². The molecule has 1 aromatic carbocycles. The summed E-state index contributed by atoms with van der Waals surface area (Å²) in [7, 11) is 0. The first-order valence-corrected chi connectivity index (χ1v) is 6.18. The molecule has 1 atom stereocenters. The normalized spacial score (nSPS) is 12.2. The van der Waals surface area contributed by atoms with Crippen LogP contribution in [-0.4, -0.2) is 15.2 Å². The van der Waals surface area contributed by atoms with Gasteiger partial charge >= 0.3 is 0 Å². The number of nitrogens with zero attached hydrogens (tertiary/aromatic N) is 2. The van der Waals surface area contributed by atoms with Gasteiger partial charge in [-0.3, -0.25) is 0 Å². The van der Waals surface area contributed by atoms with Crippen LogP contribution in [0.4, 0.5) is 5.95 Å². The molecule has 3 N–H and O–H groups in total. The third-order valence-corrected chi connectivity index (χ3v) is 3.42. The minimum atomic E-state index is 0.268. The lowest BCUT2D eigenvalue weighted by Gasteiger charge is -2.12. The Bertz CT molecular complexity index is 480. The average molecular weight is 246 g/mol. The zero-order chi connectivity index (χ0) is 12.1. The van der Waals surface area contributed by atoms with Gasteiger partial charge in [0.05, 0.1) is 0 Å². The number of thioether (sulfide) groups is 1. The Morgan fingerprint density at radius 1 is 1.41 bits per heavy atom. The Morgan fingerprint density at radius 2 is 2.18 bits per heavy atom. The van der Waals surface area contributed by atoms with Crippen LogP contribution in [0.3, 0.4) is 0 Å². The zero-order valence-corrected chi connectivity index (χ0v) is 10.2. The number of nitrogens with two attached hydrogens (primary N) is 1.